The van der Waals surface area contributed by atoms with Crippen molar-refractivity contribution in [2.24, 2.45) is 0 Å². The topological polar surface area (TPSA) is 127 Å². The largest absolute Gasteiger partial charge is 0.480 e. The minimum atomic E-state index is -1.10. The van der Waals surface area contributed by atoms with Crippen molar-refractivity contribution in [3.05, 3.63) is 16.4 Å². The minimum absolute atomic E-state index is 0.169. The van der Waals surface area contributed by atoms with Crippen molar-refractivity contribution in [3.8, 4) is 5.88 Å². The Hall–Kier alpha value is -2.45. The number of nitrogens with zero attached hydrogens (tertiary/aromatic N) is 3. The van der Waals surface area contributed by atoms with Gasteiger partial charge in [-0.2, -0.15) is 4.98 Å². The number of hydrogen-bond donors (Lipinski definition) is 2. The molecule has 0 radical (unpaired) electrons. The van der Waals surface area contributed by atoms with Crippen LogP contribution in [-0.4, -0.2) is 39.1 Å². The van der Waals surface area contributed by atoms with Gasteiger partial charge in [-0.3, -0.25) is 10.1 Å². The maximum atomic E-state index is 11.0. The molecule has 1 aromatic heterocycles. The van der Waals surface area contributed by atoms with Crippen LogP contribution in [0.15, 0.2) is 6.33 Å². The van der Waals surface area contributed by atoms with Gasteiger partial charge in [-0.25, -0.2) is 9.78 Å². The number of aliphatic carboxylic acids is 1. The lowest BCUT2D eigenvalue weighted by atomic mass is 10.1. The van der Waals surface area contributed by atoms with Crippen LogP contribution in [0, 0.1) is 10.1 Å². The fourth-order valence-electron chi connectivity index (χ4n) is 1.49. The molecule has 9 heteroatoms. The number of ether oxygens (including phenoxy) is 1. The van der Waals surface area contributed by atoms with Crippen LogP contribution < -0.4 is 10.1 Å². The smallest absolute Gasteiger partial charge is 0.372 e. The van der Waals surface area contributed by atoms with Gasteiger partial charge in [0, 0.05) is 0 Å². The van der Waals surface area contributed by atoms with Crippen LogP contribution in [-0.2, 0) is 4.79 Å². The Morgan fingerprint density at radius 3 is 2.79 bits per heavy atom. The van der Waals surface area contributed by atoms with Crippen molar-refractivity contribution in [2.45, 2.75) is 25.8 Å². The number of methoxy groups -OCH3 is 1. The summed E-state index contributed by atoms with van der Waals surface area (Å²) in [6, 6.07) is -0.955. The fraction of sp³-hybridized carbons (Fsp3) is 0.500. The zero-order valence-electron chi connectivity index (χ0n) is 10.5. The van der Waals surface area contributed by atoms with Crippen LogP contribution in [0.25, 0.3) is 0 Å². The molecule has 0 spiro atoms. The number of rotatable bonds is 7. The summed E-state index contributed by atoms with van der Waals surface area (Å²) >= 11 is 0. The van der Waals surface area contributed by atoms with E-state index >= 15 is 0 Å². The third-order valence-electron chi connectivity index (χ3n) is 2.35. The fourth-order valence-corrected chi connectivity index (χ4v) is 1.49. The first-order valence-electron chi connectivity index (χ1n) is 5.54. The molecule has 0 aliphatic heterocycles. The van der Waals surface area contributed by atoms with E-state index in [1.807, 2.05) is 6.92 Å². The molecule has 0 saturated carbocycles. The van der Waals surface area contributed by atoms with E-state index in [9.17, 15) is 14.9 Å². The number of hydrogen-bond acceptors (Lipinski definition) is 7. The average Bonchev–Trinajstić information content (AvgIpc) is 2.37. The summed E-state index contributed by atoms with van der Waals surface area (Å²) < 4.78 is 4.77. The first-order chi connectivity index (χ1) is 9.01. The lowest BCUT2D eigenvalue weighted by molar-refractivity contribution is -0.385. The van der Waals surface area contributed by atoms with Gasteiger partial charge in [0.1, 0.15) is 12.4 Å². The molecule has 0 amide bonds. The van der Waals surface area contributed by atoms with Gasteiger partial charge in [-0.05, 0) is 6.42 Å². The van der Waals surface area contributed by atoms with Crippen molar-refractivity contribution in [1.82, 2.24) is 9.97 Å². The summed E-state index contributed by atoms with van der Waals surface area (Å²) in [6.45, 7) is 1.81. The van der Waals surface area contributed by atoms with Crippen molar-refractivity contribution in [2.75, 3.05) is 12.4 Å². The molecular formula is C10H14N4O5. The maximum absolute atomic E-state index is 11.0. The predicted octanol–water partition coefficient (Wildman–Crippen LogP) is 1.06. The van der Waals surface area contributed by atoms with E-state index in [0.29, 0.717) is 12.8 Å². The number of anilines is 1. The molecule has 1 aromatic rings. The number of aromatic nitrogens is 2. The van der Waals surface area contributed by atoms with Crippen molar-refractivity contribution < 1.29 is 19.6 Å². The quantitative estimate of drug-likeness (QED) is 0.556. The Morgan fingerprint density at radius 2 is 2.32 bits per heavy atom. The highest BCUT2D eigenvalue weighted by Gasteiger charge is 2.27. The van der Waals surface area contributed by atoms with Crippen LogP contribution in [0.2, 0.25) is 0 Å². The lowest BCUT2D eigenvalue weighted by Crippen LogP contribution is -2.29. The summed E-state index contributed by atoms with van der Waals surface area (Å²) in [5.74, 6) is -1.49. The predicted molar refractivity (Wildman–Crippen MR) is 65.2 cm³/mol. The van der Waals surface area contributed by atoms with Crippen molar-refractivity contribution in [1.29, 1.82) is 0 Å². The zero-order chi connectivity index (χ0) is 14.4. The molecule has 0 aliphatic carbocycles. The summed E-state index contributed by atoms with van der Waals surface area (Å²) in [5, 5.41) is 22.5. The highest BCUT2D eigenvalue weighted by atomic mass is 16.6. The summed E-state index contributed by atoms with van der Waals surface area (Å²) in [6.07, 6.45) is 2.00. The van der Waals surface area contributed by atoms with E-state index < -0.39 is 22.6 Å². The van der Waals surface area contributed by atoms with E-state index in [0.717, 1.165) is 6.33 Å². The van der Waals surface area contributed by atoms with Crippen LogP contribution in [0.1, 0.15) is 19.8 Å². The maximum Gasteiger partial charge on any atom is 0.372 e. The molecule has 19 heavy (non-hydrogen) atoms. The van der Waals surface area contributed by atoms with Gasteiger partial charge in [0.15, 0.2) is 0 Å². The SMILES string of the molecule is CCCC(Nc1ncnc(OC)c1[N+](=O)[O-])C(=O)O. The Labute approximate surface area is 108 Å². The molecule has 2 N–H and O–H groups in total. The molecule has 0 aliphatic rings. The van der Waals surface area contributed by atoms with Crippen LogP contribution in [0.4, 0.5) is 11.5 Å². The van der Waals surface area contributed by atoms with E-state index in [1.54, 1.807) is 0 Å². The molecule has 0 bridgehead atoms. The van der Waals surface area contributed by atoms with Gasteiger partial charge in [-0.1, -0.05) is 13.3 Å². The Morgan fingerprint density at radius 1 is 1.63 bits per heavy atom. The Bertz CT molecular complexity index is 479. The molecule has 1 atom stereocenters. The number of nitro groups is 1. The molecule has 1 unspecified atom stereocenters. The molecule has 0 aromatic carbocycles. The summed E-state index contributed by atoms with van der Waals surface area (Å²) in [4.78, 5) is 28.6. The third kappa shape index (κ3) is 3.50. The minimum Gasteiger partial charge on any atom is -0.480 e. The van der Waals surface area contributed by atoms with Gasteiger partial charge in [0.05, 0.1) is 12.0 Å². The van der Waals surface area contributed by atoms with Crippen molar-refractivity contribution in [3.63, 3.8) is 0 Å². The number of carboxylic acids is 1. The summed E-state index contributed by atoms with van der Waals surface area (Å²) in [5.41, 5.74) is -0.479. The van der Waals surface area contributed by atoms with Gasteiger partial charge < -0.3 is 15.2 Å². The molecular weight excluding hydrogens is 256 g/mol. The lowest BCUT2D eigenvalue weighted by Gasteiger charge is -2.14. The third-order valence-corrected chi connectivity index (χ3v) is 2.35. The first kappa shape index (κ1) is 14.6. The molecule has 104 valence electrons. The average molecular weight is 270 g/mol. The highest BCUT2D eigenvalue weighted by Crippen LogP contribution is 2.30. The van der Waals surface area contributed by atoms with E-state index in [4.69, 9.17) is 9.84 Å². The van der Waals surface area contributed by atoms with E-state index in [-0.39, 0.29) is 11.7 Å². The van der Waals surface area contributed by atoms with Gasteiger partial charge in [-0.15, -0.1) is 0 Å². The van der Waals surface area contributed by atoms with Crippen LogP contribution in [0.5, 0.6) is 5.88 Å². The van der Waals surface area contributed by atoms with Crippen LogP contribution in [0.3, 0.4) is 0 Å². The van der Waals surface area contributed by atoms with Gasteiger partial charge in [0.25, 0.3) is 5.88 Å². The molecule has 0 saturated heterocycles. The second-order valence-electron chi connectivity index (χ2n) is 3.66. The second-order valence-corrected chi connectivity index (χ2v) is 3.66. The monoisotopic (exact) mass is 270 g/mol. The number of carbonyl (C=O) groups is 1. The molecule has 9 nitrogen and oxygen atoms in total. The van der Waals surface area contributed by atoms with Gasteiger partial charge in [0.2, 0.25) is 5.82 Å². The standard InChI is InChI=1S/C10H14N4O5/c1-3-4-6(10(15)16)13-8-7(14(17)18)9(19-2)12-5-11-8/h5-6H,3-4H2,1-2H3,(H,15,16)(H,11,12,13). The normalized spacial score (nSPS) is 11.7. The summed E-state index contributed by atoms with van der Waals surface area (Å²) in [7, 11) is 1.24. The van der Waals surface area contributed by atoms with Crippen LogP contribution >= 0.6 is 0 Å². The zero-order valence-corrected chi connectivity index (χ0v) is 10.5. The number of nitrogens with one attached hydrogen (secondary N) is 1. The second kappa shape index (κ2) is 6.47. The van der Waals surface area contributed by atoms with E-state index in [1.165, 1.54) is 7.11 Å². The van der Waals surface area contributed by atoms with Gasteiger partial charge >= 0.3 is 11.7 Å². The Kier molecular flexibility index (Phi) is 4.98. The first-order valence-corrected chi connectivity index (χ1v) is 5.54. The molecule has 0 fully saturated rings. The molecule has 1 rings (SSSR count). The van der Waals surface area contributed by atoms with Crippen molar-refractivity contribution >= 4 is 17.5 Å². The Balaban J connectivity index is 3.12. The van der Waals surface area contributed by atoms with E-state index in [2.05, 4.69) is 15.3 Å². The number of carboxylic acid groups (broad SMARTS) is 1. The molecule has 1 heterocycles. The highest BCUT2D eigenvalue weighted by molar-refractivity contribution is 5.78.